The summed E-state index contributed by atoms with van der Waals surface area (Å²) in [5.41, 5.74) is 2.05. The van der Waals surface area contributed by atoms with Crippen molar-refractivity contribution < 1.29 is 14.0 Å². The highest BCUT2D eigenvalue weighted by molar-refractivity contribution is 5.97. The average molecular weight is 372 g/mol. The van der Waals surface area contributed by atoms with E-state index in [2.05, 4.69) is 10.3 Å². The van der Waals surface area contributed by atoms with E-state index in [0.29, 0.717) is 25.3 Å². The normalized spacial score (nSPS) is 13.1. The molecule has 0 unspecified atom stereocenters. The molecule has 2 amide bonds. The Morgan fingerprint density at radius 1 is 1.19 bits per heavy atom. The number of carbonyl (C=O) groups is 2. The van der Waals surface area contributed by atoms with Gasteiger partial charge in [-0.05, 0) is 50.8 Å². The largest absolute Gasteiger partial charge is 0.345 e. The van der Waals surface area contributed by atoms with Crippen LogP contribution in [0.4, 0.5) is 4.39 Å². The zero-order valence-corrected chi connectivity index (χ0v) is 15.8. The van der Waals surface area contributed by atoms with Crippen molar-refractivity contribution in [1.82, 2.24) is 19.8 Å². The van der Waals surface area contributed by atoms with Crippen molar-refractivity contribution in [3.8, 4) is 0 Å². The van der Waals surface area contributed by atoms with Crippen LogP contribution in [0, 0.1) is 5.82 Å². The SMILES string of the molecule is CCN(CC)C(=O)c1nc(C(=O)NCc2ccc(F)cc2)n2c1CCCC2. The lowest BCUT2D eigenvalue weighted by molar-refractivity contribution is 0.0766. The van der Waals surface area contributed by atoms with Gasteiger partial charge >= 0.3 is 0 Å². The fourth-order valence-corrected chi connectivity index (χ4v) is 3.41. The monoisotopic (exact) mass is 372 g/mol. The van der Waals surface area contributed by atoms with Crippen LogP contribution in [0.3, 0.4) is 0 Å². The van der Waals surface area contributed by atoms with Crippen LogP contribution < -0.4 is 5.32 Å². The van der Waals surface area contributed by atoms with E-state index in [1.807, 2.05) is 18.4 Å². The highest BCUT2D eigenvalue weighted by Gasteiger charge is 2.29. The summed E-state index contributed by atoms with van der Waals surface area (Å²) in [6.07, 6.45) is 2.70. The van der Waals surface area contributed by atoms with Gasteiger partial charge in [-0.15, -0.1) is 0 Å². The molecule has 1 N–H and O–H groups in total. The predicted octanol–water partition coefficient (Wildman–Crippen LogP) is 2.77. The second-order valence-corrected chi connectivity index (χ2v) is 6.63. The van der Waals surface area contributed by atoms with Crippen LogP contribution in [0.2, 0.25) is 0 Å². The van der Waals surface area contributed by atoms with Gasteiger partial charge in [0.15, 0.2) is 5.82 Å². The molecule has 2 aromatic rings. The Balaban J connectivity index is 1.83. The van der Waals surface area contributed by atoms with Gasteiger partial charge in [0.2, 0.25) is 0 Å². The molecule has 0 aliphatic carbocycles. The quantitative estimate of drug-likeness (QED) is 0.848. The fraction of sp³-hybridized carbons (Fsp3) is 0.450. The number of imidazole rings is 1. The van der Waals surface area contributed by atoms with Gasteiger partial charge in [-0.1, -0.05) is 12.1 Å². The summed E-state index contributed by atoms with van der Waals surface area (Å²) in [5.74, 6) is -0.474. The predicted molar refractivity (Wildman–Crippen MR) is 100.0 cm³/mol. The number of nitrogens with zero attached hydrogens (tertiary/aromatic N) is 3. The fourth-order valence-electron chi connectivity index (χ4n) is 3.41. The lowest BCUT2D eigenvalue weighted by Gasteiger charge is -2.20. The lowest BCUT2D eigenvalue weighted by Crippen LogP contribution is -2.31. The van der Waals surface area contributed by atoms with E-state index < -0.39 is 0 Å². The van der Waals surface area contributed by atoms with Gasteiger partial charge in [-0.3, -0.25) is 9.59 Å². The molecule has 0 spiro atoms. The standard InChI is InChI=1S/C20H25FN4O2/c1-3-24(4-2)20(27)17-16-7-5-6-12-25(16)18(23-17)19(26)22-13-14-8-10-15(21)11-9-14/h8-11H,3-7,12-13H2,1-2H3,(H,22,26). The zero-order chi connectivity index (χ0) is 19.4. The minimum atomic E-state index is -0.318. The van der Waals surface area contributed by atoms with Crippen molar-refractivity contribution in [3.63, 3.8) is 0 Å². The summed E-state index contributed by atoms with van der Waals surface area (Å²) in [4.78, 5) is 31.7. The molecule has 1 aliphatic rings. The van der Waals surface area contributed by atoms with Gasteiger partial charge < -0.3 is 14.8 Å². The van der Waals surface area contributed by atoms with Gasteiger partial charge in [-0.2, -0.15) is 0 Å². The highest BCUT2D eigenvalue weighted by atomic mass is 19.1. The van der Waals surface area contributed by atoms with Gasteiger partial charge in [-0.25, -0.2) is 9.37 Å². The summed E-state index contributed by atoms with van der Waals surface area (Å²) in [6, 6.07) is 5.98. The summed E-state index contributed by atoms with van der Waals surface area (Å²) in [7, 11) is 0. The maximum Gasteiger partial charge on any atom is 0.287 e. The zero-order valence-electron chi connectivity index (χ0n) is 15.8. The molecule has 2 heterocycles. The lowest BCUT2D eigenvalue weighted by atomic mass is 10.1. The Bertz CT molecular complexity index is 825. The Kier molecular flexibility index (Phi) is 5.88. The van der Waals surface area contributed by atoms with Crippen LogP contribution in [0.1, 0.15) is 59.1 Å². The minimum absolute atomic E-state index is 0.122. The highest BCUT2D eigenvalue weighted by Crippen LogP contribution is 2.22. The second kappa shape index (κ2) is 8.33. The van der Waals surface area contributed by atoms with E-state index in [1.54, 1.807) is 17.0 Å². The van der Waals surface area contributed by atoms with E-state index in [0.717, 1.165) is 30.5 Å². The Hall–Kier alpha value is -2.70. The van der Waals surface area contributed by atoms with Gasteiger partial charge in [0.25, 0.3) is 11.8 Å². The Morgan fingerprint density at radius 2 is 1.89 bits per heavy atom. The van der Waals surface area contributed by atoms with E-state index >= 15 is 0 Å². The first-order valence-electron chi connectivity index (χ1n) is 9.46. The molecule has 1 aliphatic heterocycles. The number of aromatic nitrogens is 2. The third-order valence-electron chi connectivity index (χ3n) is 4.94. The first kappa shape index (κ1) is 19.1. The molecule has 7 heteroatoms. The van der Waals surface area contributed by atoms with Gasteiger partial charge in [0.1, 0.15) is 11.5 Å². The molecule has 0 radical (unpaired) electrons. The Morgan fingerprint density at radius 3 is 2.56 bits per heavy atom. The topological polar surface area (TPSA) is 67.2 Å². The maximum atomic E-state index is 13.0. The number of rotatable bonds is 6. The number of benzene rings is 1. The van der Waals surface area contributed by atoms with Crippen LogP contribution >= 0.6 is 0 Å². The van der Waals surface area contributed by atoms with Crippen LogP contribution in [0.15, 0.2) is 24.3 Å². The summed E-state index contributed by atoms with van der Waals surface area (Å²) < 4.78 is 14.9. The molecule has 0 saturated carbocycles. The number of hydrogen-bond acceptors (Lipinski definition) is 3. The van der Waals surface area contributed by atoms with Crippen LogP contribution in [0.25, 0.3) is 0 Å². The first-order chi connectivity index (χ1) is 13.0. The number of fused-ring (bicyclic) bond motifs is 1. The maximum absolute atomic E-state index is 13.0. The average Bonchev–Trinajstić information content (AvgIpc) is 3.08. The van der Waals surface area contributed by atoms with Crippen molar-refractivity contribution in [2.24, 2.45) is 0 Å². The molecule has 0 saturated heterocycles. The van der Waals surface area contributed by atoms with Crippen molar-refractivity contribution in [2.45, 2.75) is 46.2 Å². The third-order valence-corrected chi connectivity index (χ3v) is 4.94. The van der Waals surface area contributed by atoms with Crippen molar-refractivity contribution in [2.75, 3.05) is 13.1 Å². The minimum Gasteiger partial charge on any atom is -0.345 e. The molecule has 6 nitrogen and oxygen atoms in total. The molecule has 0 fully saturated rings. The van der Waals surface area contributed by atoms with E-state index in [9.17, 15) is 14.0 Å². The Labute approximate surface area is 158 Å². The molecule has 3 rings (SSSR count). The molecular weight excluding hydrogens is 347 g/mol. The van der Waals surface area contributed by atoms with Crippen molar-refractivity contribution in [3.05, 3.63) is 52.9 Å². The molecular formula is C20H25FN4O2. The van der Waals surface area contributed by atoms with E-state index in [4.69, 9.17) is 0 Å². The molecule has 1 aromatic carbocycles. The van der Waals surface area contributed by atoms with Crippen LogP contribution in [0.5, 0.6) is 0 Å². The van der Waals surface area contributed by atoms with Crippen LogP contribution in [-0.2, 0) is 19.5 Å². The van der Waals surface area contributed by atoms with Gasteiger partial charge in [0, 0.05) is 26.2 Å². The molecule has 0 bridgehead atoms. The smallest absolute Gasteiger partial charge is 0.287 e. The van der Waals surface area contributed by atoms with E-state index in [1.165, 1.54) is 12.1 Å². The third kappa shape index (κ3) is 4.02. The summed E-state index contributed by atoms with van der Waals surface area (Å²) in [5, 5.41) is 2.82. The molecule has 27 heavy (non-hydrogen) atoms. The molecule has 144 valence electrons. The second-order valence-electron chi connectivity index (χ2n) is 6.63. The summed E-state index contributed by atoms with van der Waals surface area (Å²) in [6.45, 7) is 6.04. The molecule has 0 atom stereocenters. The molecule has 1 aromatic heterocycles. The van der Waals surface area contributed by atoms with Crippen LogP contribution in [-0.4, -0.2) is 39.4 Å². The first-order valence-corrected chi connectivity index (χ1v) is 9.46. The van der Waals surface area contributed by atoms with E-state index in [-0.39, 0.29) is 30.0 Å². The number of halogens is 1. The summed E-state index contributed by atoms with van der Waals surface area (Å²) >= 11 is 0. The number of hydrogen-bond donors (Lipinski definition) is 1. The van der Waals surface area contributed by atoms with Gasteiger partial charge in [0.05, 0.1) is 5.69 Å². The van der Waals surface area contributed by atoms with Crippen molar-refractivity contribution >= 4 is 11.8 Å². The number of amides is 2. The number of nitrogens with one attached hydrogen (secondary N) is 1. The van der Waals surface area contributed by atoms with Crippen molar-refractivity contribution in [1.29, 1.82) is 0 Å². The number of carbonyl (C=O) groups excluding carboxylic acids is 2.